The molecule has 1 aromatic rings. The third kappa shape index (κ3) is 5.21. The van der Waals surface area contributed by atoms with Crippen molar-refractivity contribution < 1.29 is 9.53 Å². The van der Waals surface area contributed by atoms with Gasteiger partial charge in [-0.15, -0.1) is 0 Å². The number of ether oxygens (including phenoxy) is 1. The molecule has 0 saturated heterocycles. The van der Waals surface area contributed by atoms with Crippen LogP contribution in [0, 0.1) is 12.3 Å². The fourth-order valence-corrected chi connectivity index (χ4v) is 2.08. The molecule has 4 nitrogen and oxygen atoms in total. The highest BCUT2D eigenvalue weighted by atomic mass is 16.5. The Morgan fingerprint density at radius 1 is 1.35 bits per heavy atom. The van der Waals surface area contributed by atoms with Crippen molar-refractivity contribution in [2.45, 2.75) is 40.0 Å². The largest absolute Gasteiger partial charge is 0.495 e. The van der Waals surface area contributed by atoms with Crippen molar-refractivity contribution in [1.82, 2.24) is 0 Å². The molecule has 0 aliphatic heterocycles. The number of carbonyl (C=O) groups is 1. The van der Waals surface area contributed by atoms with Gasteiger partial charge in [0.2, 0.25) is 5.91 Å². The van der Waals surface area contributed by atoms with Crippen LogP contribution >= 0.6 is 0 Å². The highest BCUT2D eigenvalue weighted by Gasteiger charge is 2.18. The van der Waals surface area contributed by atoms with Gasteiger partial charge in [0.25, 0.3) is 0 Å². The van der Waals surface area contributed by atoms with E-state index in [1.54, 1.807) is 7.11 Å². The molecule has 0 spiro atoms. The molecule has 1 amide bonds. The molecule has 0 unspecified atom stereocenters. The second-order valence-corrected chi connectivity index (χ2v) is 5.95. The quantitative estimate of drug-likeness (QED) is 0.805. The Bertz CT molecular complexity index is 456. The second-order valence-electron chi connectivity index (χ2n) is 5.95. The third-order valence-corrected chi connectivity index (χ3v) is 3.48. The maximum Gasteiger partial charge on any atom is 0.224 e. The van der Waals surface area contributed by atoms with Gasteiger partial charge in [0.1, 0.15) is 5.75 Å². The van der Waals surface area contributed by atoms with Crippen LogP contribution in [0.1, 0.15) is 38.7 Å². The lowest BCUT2D eigenvalue weighted by atomic mass is 9.84. The summed E-state index contributed by atoms with van der Waals surface area (Å²) in [5.74, 6) is 0.705. The molecule has 0 atom stereocenters. The molecule has 3 N–H and O–H groups in total. The Kier molecular flexibility index (Phi) is 6.02. The Balaban J connectivity index is 2.59. The van der Waals surface area contributed by atoms with E-state index in [1.807, 2.05) is 25.1 Å². The number of carbonyl (C=O) groups excluding carboxylic acids is 1. The van der Waals surface area contributed by atoms with Crippen molar-refractivity contribution in [2.75, 3.05) is 19.0 Å². The number of hydrogen-bond acceptors (Lipinski definition) is 3. The van der Waals surface area contributed by atoms with E-state index in [0.717, 1.165) is 24.1 Å². The predicted molar refractivity (Wildman–Crippen MR) is 83.0 cm³/mol. The SMILES string of the molecule is COc1cc(C)ccc1NC(=O)CCC(C)(C)CCN. The molecule has 1 aromatic carbocycles. The van der Waals surface area contributed by atoms with Crippen LogP contribution in [0.15, 0.2) is 18.2 Å². The van der Waals surface area contributed by atoms with Crippen molar-refractivity contribution in [3.05, 3.63) is 23.8 Å². The number of benzene rings is 1. The smallest absolute Gasteiger partial charge is 0.224 e. The Hall–Kier alpha value is -1.55. The van der Waals surface area contributed by atoms with Crippen LogP contribution in [0.5, 0.6) is 5.75 Å². The molecular formula is C16H26N2O2. The predicted octanol–water partition coefficient (Wildman–Crippen LogP) is 3.10. The van der Waals surface area contributed by atoms with Crippen LogP contribution in [0.4, 0.5) is 5.69 Å². The van der Waals surface area contributed by atoms with Crippen molar-refractivity contribution in [3.8, 4) is 5.75 Å². The first-order valence-electron chi connectivity index (χ1n) is 7.02. The maximum absolute atomic E-state index is 12.0. The van der Waals surface area contributed by atoms with Crippen molar-refractivity contribution in [2.24, 2.45) is 11.1 Å². The number of nitrogens with one attached hydrogen (secondary N) is 1. The number of hydrogen-bond donors (Lipinski definition) is 2. The summed E-state index contributed by atoms with van der Waals surface area (Å²) in [6, 6.07) is 5.74. The summed E-state index contributed by atoms with van der Waals surface area (Å²) in [6.07, 6.45) is 2.24. The van der Waals surface area contributed by atoms with Crippen LogP contribution in [-0.4, -0.2) is 19.6 Å². The van der Waals surface area contributed by atoms with E-state index in [0.29, 0.717) is 18.7 Å². The fourth-order valence-electron chi connectivity index (χ4n) is 2.08. The van der Waals surface area contributed by atoms with Crippen molar-refractivity contribution in [3.63, 3.8) is 0 Å². The summed E-state index contributed by atoms with van der Waals surface area (Å²) in [4.78, 5) is 12.0. The van der Waals surface area contributed by atoms with Crippen LogP contribution in [0.2, 0.25) is 0 Å². The van der Waals surface area contributed by atoms with Gasteiger partial charge in [0.15, 0.2) is 0 Å². The van der Waals surface area contributed by atoms with Gasteiger partial charge in [-0.1, -0.05) is 19.9 Å². The molecule has 0 aliphatic carbocycles. The number of anilines is 1. The zero-order valence-electron chi connectivity index (χ0n) is 13.0. The zero-order chi connectivity index (χ0) is 15.2. The number of methoxy groups -OCH3 is 1. The molecule has 0 heterocycles. The monoisotopic (exact) mass is 278 g/mol. The van der Waals surface area contributed by atoms with E-state index in [4.69, 9.17) is 10.5 Å². The molecule has 20 heavy (non-hydrogen) atoms. The molecule has 0 fully saturated rings. The van der Waals surface area contributed by atoms with Crippen LogP contribution in [0.25, 0.3) is 0 Å². The van der Waals surface area contributed by atoms with E-state index in [9.17, 15) is 4.79 Å². The molecular weight excluding hydrogens is 252 g/mol. The molecule has 1 rings (SSSR count). The molecule has 0 aliphatic rings. The minimum atomic E-state index is 0.0113. The maximum atomic E-state index is 12.0. The first-order chi connectivity index (χ1) is 9.38. The molecule has 0 aromatic heterocycles. The number of amides is 1. The standard InChI is InChI=1S/C16H26N2O2/c1-12-5-6-13(14(11-12)20-4)18-15(19)7-8-16(2,3)9-10-17/h5-6,11H,7-10,17H2,1-4H3,(H,18,19). The van der Waals surface area contributed by atoms with Crippen molar-refractivity contribution in [1.29, 1.82) is 0 Å². The van der Waals surface area contributed by atoms with Gasteiger partial charge in [-0.25, -0.2) is 0 Å². The lowest BCUT2D eigenvalue weighted by Gasteiger charge is -2.23. The molecule has 0 bridgehead atoms. The summed E-state index contributed by atoms with van der Waals surface area (Å²) in [5, 5.41) is 2.91. The normalized spacial score (nSPS) is 11.2. The average molecular weight is 278 g/mol. The Morgan fingerprint density at radius 2 is 2.05 bits per heavy atom. The Labute approximate surface area is 121 Å². The summed E-state index contributed by atoms with van der Waals surface area (Å²) < 4.78 is 5.28. The number of rotatable bonds is 7. The third-order valence-electron chi connectivity index (χ3n) is 3.48. The van der Waals surface area contributed by atoms with Crippen molar-refractivity contribution >= 4 is 11.6 Å². The van der Waals surface area contributed by atoms with Crippen LogP contribution in [0.3, 0.4) is 0 Å². The van der Waals surface area contributed by atoms with Gasteiger partial charge in [-0.05, 0) is 49.4 Å². The summed E-state index contributed by atoms with van der Waals surface area (Å²) in [5.41, 5.74) is 7.50. The summed E-state index contributed by atoms with van der Waals surface area (Å²) in [6.45, 7) is 6.92. The molecule has 0 radical (unpaired) electrons. The van der Waals surface area contributed by atoms with Crippen LogP contribution in [-0.2, 0) is 4.79 Å². The highest BCUT2D eigenvalue weighted by Crippen LogP contribution is 2.28. The lowest BCUT2D eigenvalue weighted by molar-refractivity contribution is -0.116. The van der Waals surface area contributed by atoms with Crippen LogP contribution < -0.4 is 15.8 Å². The van der Waals surface area contributed by atoms with Gasteiger partial charge in [-0.2, -0.15) is 0 Å². The van der Waals surface area contributed by atoms with Gasteiger partial charge in [0.05, 0.1) is 12.8 Å². The number of aryl methyl sites for hydroxylation is 1. The van der Waals surface area contributed by atoms with Gasteiger partial charge >= 0.3 is 0 Å². The lowest BCUT2D eigenvalue weighted by Crippen LogP contribution is -2.20. The van der Waals surface area contributed by atoms with E-state index < -0.39 is 0 Å². The summed E-state index contributed by atoms with van der Waals surface area (Å²) >= 11 is 0. The van der Waals surface area contributed by atoms with E-state index in [-0.39, 0.29) is 11.3 Å². The topological polar surface area (TPSA) is 64.3 Å². The van der Waals surface area contributed by atoms with E-state index in [1.165, 1.54) is 0 Å². The minimum absolute atomic E-state index is 0.0113. The average Bonchev–Trinajstić information content (AvgIpc) is 2.38. The van der Waals surface area contributed by atoms with Gasteiger partial charge in [0, 0.05) is 6.42 Å². The molecule has 4 heteroatoms. The second kappa shape index (κ2) is 7.29. The van der Waals surface area contributed by atoms with Gasteiger partial charge in [-0.3, -0.25) is 4.79 Å². The first kappa shape index (κ1) is 16.5. The molecule has 112 valence electrons. The molecule has 0 saturated carbocycles. The first-order valence-corrected chi connectivity index (χ1v) is 7.02. The minimum Gasteiger partial charge on any atom is -0.495 e. The number of nitrogens with two attached hydrogens (primary N) is 1. The zero-order valence-corrected chi connectivity index (χ0v) is 13.0. The van der Waals surface area contributed by atoms with E-state index in [2.05, 4.69) is 19.2 Å². The summed E-state index contributed by atoms with van der Waals surface area (Å²) in [7, 11) is 1.61. The van der Waals surface area contributed by atoms with E-state index >= 15 is 0 Å². The fraction of sp³-hybridized carbons (Fsp3) is 0.562. The highest BCUT2D eigenvalue weighted by molar-refractivity contribution is 5.92. The Morgan fingerprint density at radius 3 is 2.65 bits per heavy atom. The van der Waals surface area contributed by atoms with Gasteiger partial charge < -0.3 is 15.8 Å².